The van der Waals surface area contributed by atoms with Gasteiger partial charge in [0.25, 0.3) is 5.26 Å². The lowest BCUT2D eigenvalue weighted by Crippen LogP contribution is -1.79. The van der Waals surface area contributed by atoms with Gasteiger partial charge in [-0.25, -0.2) is 9.37 Å². The Bertz CT molecular complexity index is 408. The summed E-state index contributed by atoms with van der Waals surface area (Å²) in [6, 6.07) is 5.80. The molecule has 1 aromatic heterocycles. The van der Waals surface area contributed by atoms with Gasteiger partial charge in [-0.15, -0.1) is 0 Å². The van der Waals surface area contributed by atoms with Gasteiger partial charge in [0.1, 0.15) is 5.82 Å². The van der Waals surface area contributed by atoms with Crippen LogP contribution in [-0.2, 0) is 0 Å². The molecule has 0 fully saturated rings. The molecule has 0 aliphatic carbocycles. The SMILES string of the molecule is Fc1ccc(-c2csc(F)n2)cc1. The van der Waals surface area contributed by atoms with Gasteiger partial charge in [0.2, 0.25) is 0 Å². The second-order valence-corrected chi connectivity index (χ2v) is 3.30. The first-order valence-electron chi connectivity index (χ1n) is 3.63. The molecule has 0 saturated carbocycles. The summed E-state index contributed by atoms with van der Waals surface area (Å²) in [5.41, 5.74) is 1.27. The normalized spacial score (nSPS) is 10.3. The van der Waals surface area contributed by atoms with Gasteiger partial charge in [0, 0.05) is 10.9 Å². The quantitative estimate of drug-likeness (QED) is 0.684. The molecule has 66 valence electrons. The number of aromatic nitrogens is 1. The van der Waals surface area contributed by atoms with Crippen LogP contribution in [0.25, 0.3) is 11.3 Å². The van der Waals surface area contributed by atoms with Crippen LogP contribution >= 0.6 is 11.3 Å². The third-order valence-corrected chi connectivity index (χ3v) is 2.24. The lowest BCUT2D eigenvalue weighted by molar-refractivity contribution is 0.618. The molecule has 0 aliphatic rings. The van der Waals surface area contributed by atoms with Crippen molar-refractivity contribution in [1.29, 1.82) is 0 Å². The summed E-state index contributed by atoms with van der Waals surface area (Å²) in [5, 5.41) is 1.13. The van der Waals surface area contributed by atoms with E-state index in [-0.39, 0.29) is 5.82 Å². The molecule has 1 heterocycles. The van der Waals surface area contributed by atoms with Gasteiger partial charge in [-0.3, -0.25) is 0 Å². The van der Waals surface area contributed by atoms with Crippen LogP contribution in [0.1, 0.15) is 0 Å². The minimum absolute atomic E-state index is 0.306. The maximum atomic E-state index is 12.5. The molecule has 0 spiro atoms. The summed E-state index contributed by atoms with van der Waals surface area (Å²) in [4.78, 5) is 3.64. The second-order valence-electron chi connectivity index (χ2n) is 2.49. The Hall–Kier alpha value is -1.29. The summed E-state index contributed by atoms with van der Waals surface area (Å²) >= 11 is 0.932. The molecule has 0 N–H and O–H groups in total. The lowest BCUT2D eigenvalue weighted by Gasteiger charge is -1.94. The zero-order valence-electron chi connectivity index (χ0n) is 6.50. The van der Waals surface area contributed by atoms with Crippen molar-refractivity contribution >= 4 is 11.3 Å². The van der Waals surface area contributed by atoms with E-state index >= 15 is 0 Å². The predicted molar refractivity (Wildman–Crippen MR) is 47.5 cm³/mol. The van der Waals surface area contributed by atoms with Crippen LogP contribution in [0.15, 0.2) is 29.6 Å². The number of halogens is 2. The van der Waals surface area contributed by atoms with Crippen LogP contribution in [0.5, 0.6) is 0 Å². The van der Waals surface area contributed by atoms with Crippen molar-refractivity contribution in [1.82, 2.24) is 4.98 Å². The highest BCUT2D eigenvalue weighted by molar-refractivity contribution is 7.08. The molecular formula is C9H5F2NS. The average molecular weight is 197 g/mol. The molecule has 0 atom stereocenters. The zero-order chi connectivity index (χ0) is 9.26. The van der Waals surface area contributed by atoms with Crippen LogP contribution in [0.3, 0.4) is 0 Å². The maximum Gasteiger partial charge on any atom is 0.269 e. The Morgan fingerprint density at radius 3 is 2.31 bits per heavy atom. The van der Waals surface area contributed by atoms with E-state index in [1.165, 1.54) is 12.1 Å². The first-order valence-corrected chi connectivity index (χ1v) is 4.50. The standard InChI is InChI=1S/C9H5F2NS/c10-7-3-1-6(2-4-7)8-5-13-9(11)12-8/h1-5H. The molecule has 0 bridgehead atoms. The maximum absolute atomic E-state index is 12.5. The molecular weight excluding hydrogens is 192 g/mol. The van der Waals surface area contributed by atoms with E-state index in [0.29, 0.717) is 5.69 Å². The first kappa shape index (κ1) is 8.31. The minimum Gasteiger partial charge on any atom is -0.209 e. The molecule has 0 unspecified atom stereocenters. The predicted octanol–water partition coefficient (Wildman–Crippen LogP) is 3.09. The average Bonchev–Trinajstić information content (AvgIpc) is 2.53. The van der Waals surface area contributed by atoms with Gasteiger partial charge < -0.3 is 0 Å². The highest BCUT2D eigenvalue weighted by Crippen LogP contribution is 2.20. The van der Waals surface area contributed by atoms with E-state index < -0.39 is 5.26 Å². The van der Waals surface area contributed by atoms with E-state index in [2.05, 4.69) is 4.98 Å². The number of nitrogens with zero attached hydrogens (tertiary/aromatic N) is 1. The molecule has 1 aromatic carbocycles. The van der Waals surface area contributed by atoms with E-state index in [0.717, 1.165) is 16.9 Å². The molecule has 0 amide bonds. The van der Waals surface area contributed by atoms with Gasteiger partial charge in [-0.2, -0.15) is 4.39 Å². The lowest BCUT2D eigenvalue weighted by atomic mass is 10.2. The van der Waals surface area contributed by atoms with Crippen molar-refractivity contribution in [3.05, 3.63) is 40.7 Å². The van der Waals surface area contributed by atoms with Crippen LogP contribution in [0.4, 0.5) is 8.78 Å². The summed E-state index contributed by atoms with van der Waals surface area (Å²) in [6.07, 6.45) is 0. The first-order chi connectivity index (χ1) is 6.25. The van der Waals surface area contributed by atoms with Crippen molar-refractivity contribution < 1.29 is 8.78 Å². The van der Waals surface area contributed by atoms with Crippen LogP contribution < -0.4 is 0 Å². The van der Waals surface area contributed by atoms with Crippen LogP contribution in [0, 0.1) is 11.1 Å². The third-order valence-electron chi connectivity index (χ3n) is 1.62. The van der Waals surface area contributed by atoms with E-state index in [1.807, 2.05) is 0 Å². The highest BCUT2D eigenvalue weighted by Gasteiger charge is 2.02. The van der Waals surface area contributed by atoms with Crippen molar-refractivity contribution in [2.45, 2.75) is 0 Å². The fraction of sp³-hybridized carbons (Fsp3) is 0. The molecule has 0 saturated heterocycles. The van der Waals surface area contributed by atoms with Gasteiger partial charge in [0.15, 0.2) is 0 Å². The second kappa shape index (κ2) is 3.22. The Balaban J connectivity index is 2.41. The minimum atomic E-state index is -0.473. The summed E-state index contributed by atoms with van der Waals surface area (Å²) < 4.78 is 25.0. The van der Waals surface area contributed by atoms with Gasteiger partial charge in [-0.05, 0) is 24.3 Å². The fourth-order valence-corrected chi connectivity index (χ4v) is 1.55. The van der Waals surface area contributed by atoms with E-state index in [4.69, 9.17) is 0 Å². The molecule has 2 aromatic rings. The summed E-state index contributed by atoms with van der Waals surface area (Å²) in [6.45, 7) is 0. The van der Waals surface area contributed by atoms with Gasteiger partial charge >= 0.3 is 0 Å². The molecule has 0 aliphatic heterocycles. The molecule has 1 nitrogen and oxygen atoms in total. The summed E-state index contributed by atoms with van der Waals surface area (Å²) in [5.74, 6) is -0.306. The van der Waals surface area contributed by atoms with Crippen molar-refractivity contribution in [2.75, 3.05) is 0 Å². The highest BCUT2D eigenvalue weighted by atomic mass is 32.1. The topological polar surface area (TPSA) is 12.9 Å². The van der Waals surface area contributed by atoms with Crippen molar-refractivity contribution in [3.63, 3.8) is 0 Å². The smallest absolute Gasteiger partial charge is 0.209 e. The van der Waals surface area contributed by atoms with Crippen LogP contribution in [-0.4, -0.2) is 4.98 Å². The Labute approximate surface area is 77.7 Å². The van der Waals surface area contributed by atoms with E-state index in [9.17, 15) is 8.78 Å². The number of thiazole rings is 1. The van der Waals surface area contributed by atoms with Gasteiger partial charge in [-0.1, -0.05) is 11.3 Å². The zero-order valence-corrected chi connectivity index (χ0v) is 7.31. The number of benzene rings is 1. The Morgan fingerprint density at radius 2 is 1.77 bits per heavy atom. The van der Waals surface area contributed by atoms with Gasteiger partial charge in [0.05, 0.1) is 5.69 Å². The molecule has 4 heteroatoms. The van der Waals surface area contributed by atoms with Crippen molar-refractivity contribution in [3.8, 4) is 11.3 Å². The Morgan fingerprint density at radius 1 is 1.08 bits per heavy atom. The number of hydrogen-bond donors (Lipinski definition) is 0. The van der Waals surface area contributed by atoms with E-state index in [1.54, 1.807) is 17.5 Å². The van der Waals surface area contributed by atoms with Crippen molar-refractivity contribution in [2.24, 2.45) is 0 Å². The molecule has 0 radical (unpaired) electrons. The largest absolute Gasteiger partial charge is 0.269 e. The third kappa shape index (κ3) is 1.72. The molecule has 2 rings (SSSR count). The molecule has 13 heavy (non-hydrogen) atoms. The monoisotopic (exact) mass is 197 g/mol. The fourth-order valence-electron chi connectivity index (χ4n) is 1.01. The Kier molecular flexibility index (Phi) is 2.06. The summed E-state index contributed by atoms with van der Waals surface area (Å²) in [7, 11) is 0. The van der Waals surface area contributed by atoms with Crippen LogP contribution in [0.2, 0.25) is 0 Å². The number of hydrogen-bond acceptors (Lipinski definition) is 2. The number of rotatable bonds is 1.